The Kier molecular flexibility index (Phi) is 5.22. The molecule has 2 N–H and O–H groups in total. The molecule has 1 fully saturated rings. The largest absolute Gasteiger partial charge is 0.383 e. The standard InChI is InChI=1S/C13H28N2O/c1-11(2)7-8-15(12-5-6-12)13(3,9-14)10-16-4/h11-12H,5-10,14H2,1-4H3. The first-order chi connectivity index (χ1) is 7.53. The second-order valence-corrected chi connectivity index (χ2v) is 5.74. The molecule has 1 aliphatic rings. The van der Waals surface area contributed by atoms with Gasteiger partial charge in [-0.2, -0.15) is 0 Å². The quantitative estimate of drug-likeness (QED) is 0.689. The summed E-state index contributed by atoms with van der Waals surface area (Å²) in [4.78, 5) is 2.58. The van der Waals surface area contributed by atoms with Crippen molar-refractivity contribution >= 4 is 0 Å². The number of ether oxygens (including phenoxy) is 1. The lowest BCUT2D eigenvalue weighted by Gasteiger charge is -2.41. The summed E-state index contributed by atoms with van der Waals surface area (Å²) < 4.78 is 5.34. The van der Waals surface area contributed by atoms with Crippen molar-refractivity contribution in [2.24, 2.45) is 11.7 Å². The molecule has 1 rings (SSSR count). The monoisotopic (exact) mass is 228 g/mol. The van der Waals surface area contributed by atoms with Crippen molar-refractivity contribution in [2.75, 3.05) is 26.8 Å². The van der Waals surface area contributed by atoms with Gasteiger partial charge >= 0.3 is 0 Å². The van der Waals surface area contributed by atoms with Crippen LogP contribution in [0.5, 0.6) is 0 Å². The Hall–Kier alpha value is -0.120. The van der Waals surface area contributed by atoms with Gasteiger partial charge in [0.2, 0.25) is 0 Å². The minimum Gasteiger partial charge on any atom is -0.383 e. The second kappa shape index (κ2) is 5.99. The highest BCUT2D eigenvalue weighted by atomic mass is 16.5. The Morgan fingerprint density at radius 2 is 2.06 bits per heavy atom. The molecule has 3 nitrogen and oxygen atoms in total. The van der Waals surface area contributed by atoms with Crippen LogP contribution in [0.4, 0.5) is 0 Å². The molecule has 0 saturated heterocycles. The van der Waals surface area contributed by atoms with Gasteiger partial charge in [-0.25, -0.2) is 0 Å². The summed E-state index contributed by atoms with van der Waals surface area (Å²) in [6, 6.07) is 0.752. The average Bonchev–Trinajstić information content (AvgIpc) is 3.02. The lowest BCUT2D eigenvalue weighted by atomic mass is 9.99. The van der Waals surface area contributed by atoms with Crippen LogP contribution in [0.2, 0.25) is 0 Å². The smallest absolute Gasteiger partial charge is 0.0656 e. The summed E-state index contributed by atoms with van der Waals surface area (Å²) in [6.07, 6.45) is 3.91. The molecular formula is C13H28N2O. The van der Waals surface area contributed by atoms with Crippen molar-refractivity contribution < 1.29 is 4.74 Å². The number of hydrogen-bond acceptors (Lipinski definition) is 3. The van der Waals surface area contributed by atoms with Gasteiger partial charge in [-0.05, 0) is 38.6 Å². The maximum atomic E-state index is 5.94. The van der Waals surface area contributed by atoms with E-state index < -0.39 is 0 Å². The lowest BCUT2D eigenvalue weighted by Crippen LogP contribution is -2.56. The van der Waals surface area contributed by atoms with E-state index in [-0.39, 0.29) is 5.54 Å². The molecule has 0 aromatic rings. The predicted octanol–water partition coefficient (Wildman–Crippen LogP) is 1.86. The fourth-order valence-electron chi connectivity index (χ4n) is 2.25. The van der Waals surface area contributed by atoms with Crippen LogP contribution in [0.1, 0.15) is 40.0 Å². The third-order valence-corrected chi connectivity index (χ3v) is 3.52. The summed E-state index contributed by atoms with van der Waals surface area (Å²) in [5.74, 6) is 0.755. The van der Waals surface area contributed by atoms with E-state index in [4.69, 9.17) is 10.5 Å². The maximum absolute atomic E-state index is 5.94. The summed E-state index contributed by atoms with van der Waals surface area (Å²) >= 11 is 0. The molecule has 1 aliphatic carbocycles. The zero-order valence-electron chi connectivity index (χ0n) is 11.3. The van der Waals surface area contributed by atoms with Crippen LogP contribution in [0.15, 0.2) is 0 Å². The SMILES string of the molecule is COCC(C)(CN)N(CCC(C)C)C1CC1. The van der Waals surface area contributed by atoms with Crippen LogP contribution in [0, 0.1) is 5.92 Å². The number of methoxy groups -OCH3 is 1. The average molecular weight is 228 g/mol. The Balaban J connectivity index is 2.58. The van der Waals surface area contributed by atoms with Gasteiger partial charge in [0.15, 0.2) is 0 Å². The van der Waals surface area contributed by atoms with Crippen molar-refractivity contribution in [3.05, 3.63) is 0 Å². The van der Waals surface area contributed by atoms with E-state index in [0.717, 1.165) is 25.1 Å². The summed E-state index contributed by atoms with van der Waals surface area (Å²) in [5, 5.41) is 0. The Labute approximate surface area is 100 Å². The Morgan fingerprint density at radius 3 is 2.44 bits per heavy atom. The van der Waals surface area contributed by atoms with Gasteiger partial charge in [0, 0.05) is 19.7 Å². The first-order valence-corrected chi connectivity index (χ1v) is 6.49. The molecule has 0 amide bonds. The van der Waals surface area contributed by atoms with Gasteiger partial charge in [0.25, 0.3) is 0 Å². The summed E-state index contributed by atoms with van der Waals surface area (Å²) in [5.41, 5.74) is 5.96. The van der Waals surface area contributed by atoms with Gasteiger partial charge < -0.3 is 10.5 Å². The number of nitrogens with zero attached hydrogens (tertiary/aromatic N) is 1. The maximum Gasteiger partial charge on any atom is 0.0656 e. The summed E-state index contributed by atoms with van der Waals surface area (Å²) in [7, 11) is 1.77. The first kappa shape index (κ1) is 13.9. The number of nitrogens with two attached hydrogens (primary N) is 1. The molecule has 0 aromatic heterocycles. The molecule has 1 unspecified atom stereocenters. The van der Waals surface area contributed by atoms with Crippen LogP contribution in [-0.4, -0.2) is 43.3 Å². The zero-order valence-corrected chi connectivity index (χ0v) is 11.3. The minimum absolute atomic E-state index is 0.0187. The molecule has 16 heavy (non-hydrogen) atoms. The minimum atomic E-state index is 0.0187. The molecule has 0 aliphatic heterocycles. The normalized spacial score (nSPS) is 20.4. The van der Waals surface area contributed by atoms with E-state index in [1.54, 1.807) is 7.11 Å². The fourth-order valence-corrected chi connectivity index (χ4v) is 2.25. The van der Waals surface area contributed by atoms with Crippen LogP contribution < -0.4 is 5.73 Å². The molecule has 0 bridgehead atoms. The number of hydrogen-bond donors (Lipinski definition) is 1. The Bertz CT molecular complexity index is 204. The zero-order chi connectivity index (χ0) is 12.2. The highest BCUT2D eigenvalue weighted by Crippen LogP contribution is 2.33. The van der Waals surface area contributed by atoms with E-state index in [1.807, 2.05) is 0 Å². The van der Waals surface area contributed by atoms with E-state index in [0.29, 0.717) is 6.54 Å². The van der Waals surface area contributed by atoms with Gasteiger partial charge in [0.05, 0.1) is 12.1 Å². The van der Waals surface area contributed by atoms with Gasteiger partial charge in [0.1, 0.15) is 0 Å². The third-order valence-electron chi connectivity index (χ3n) is 3.52. The molecule has 0 spiro atoms. The predicted molar refractivity (Wildman–Crippen MR) is 68.5 cm³/mol. The van der Waals surface area contributed by atoms with Gasteiger partial charge in [-0.3, -0.25) is 4.90 Å². The molecule has 0 aromatic carbocycles. The molecule has 1 atom stereocenters. The van der Waals surface area contributed by atoms with E-state index >= 15 is 0 Å². The highest BCUT2D eigenvalue weighted by molar-refractivity contribution is 4.96. The second-order valence-electron chi connectivity index (χ2n) is 5.74. The topological polar surface area (TPSA) is 38.5 Å². The molecular weight excluding hydrogens is 200 g/mol. The third kappa shape index (κ3) is 3.72. The van der Waals surface area contributed by atoms with Crippen molar-refractivity contribution in [3.63, 3.8) is 0 Å². The van der Waals surface area contributed by atoms with Crippen molar-refractivity contribution in [1.82, 2.24) is 4.90 Å². The van der Waals surface area contributed by atoms with Crippen molar-refractivity contribution in [3.8, 4) is 0 Å². The lowest BCUT2D eigenvalue weighted by molar-refractivity contribution is 0.0186. The molecule has 0 radical (unpaired) electrons. The van der Waals surface area contributed by atoms with Gasteiger partial charge in [-0.1, -0.05) is 13.8 Å². The highest BCUT2D eigenvalue weighted by Gasteiger charge is 2.40. The summed E-state index contributed by atoms with van der Waals surface area (Å²) in [6.45, 7) is 9.35. The molecule has 3 heteroatoms. The van der Waals surface area contributed by atoms with Gasteiger partial charge in [-0.15, -0.1) is 0 Å². The number of rotatable bonds is 8. The van der Waals surface area contributed by atoms with E-state index in [2.05, 4.69) is 25.7 Å². The van der Waals surface area contributed by atoms with Crippen LogP contribution in [-0.2, 0) is 4.74 Å². The van der Waals surface area contributed by atoms with Crippen LogP contribution in [0.25, 0.3) is 0 Å². The molecule has 1 saturated carbocycles. The molecule has 0 heterocycles. The van der Waals surface area contributed by atoms with Crippen molar-refractivity contribution in [2.45, 2.75) is 51.6 Å². The van der Waals surface area contributed by atoms with E-state index in [1.165, 1.54) is 19.3 Å². The van der Waals surface area contributed by atoms with E-state index in [9.17, 15) is 0 Å². The first-order valence-electron chi connectivity index (χ1n) is 6.49. The fraction of sp³-hybridized carbons (Fsp3) is 1.00. The van der Waals surface area contributed by atoms with Crippen LogP contribution >= 0.6 is 0 Å². The Morgan fingerprint density at radius 1 is 1.44 bits per heavy atom. The molecule has 96 valence electrons. The van der Waals surface area contributed by atoms with Crippen LogP contribution in [0.3, 0.4) is 0 Å². The van der Waals surface area contributed by atoms with Crippen molar-refractivity contribution in [1.29, 1.82) is 0 Å².